The molecule has 1 heterocycles. The van der Waals surface area contributed by atoms with Crippen molar-refractivity contribution in [2.24, 2.45) is 17.6 Å². The molecule has 0 amide bonds. The van der Waals surface area contributed by atoms with Crippen molar-refractivity contribution < 1.29 is 14.3 Å². The first-order chi connectivity index (χ1) is 15.9. The number of halogens is 3. The van der Waals surface area contributed by atoms with Crippen molar-refractivity contribution in [2.45, 2.75) is 44.7 Å². The summed E-state index contributed by atoms with van der Waals surface area (Å²) >= 11 is 11.2. The lowest BCUT2D eigenvalue weighted by Crippen LogP contribution is -2.43. The Hall–Kier alpha value is -1.70. The molecular weight excluding hydrogens is 464 g/mol. The van der Waals surface area contributed by atoms with Crippen molar-refractivity contribution in [2.75, 3.05) is 25.9 Å². The third-order valence-corrected chi connectivity index (χ3v) is 5.88. The normalized spacial score (nSPS) is 21.2. The van der Waals surface area contributed by atoms with E-state index in [1.54, 1.807) is 30.4 Å². The molecule has 1 aromatic rings. The molecule has 186 valence electrons. The summed E-state index contributed by atoms with van der Waals surface area (Å²) in [5, 5.41) is 8.08. The molecule has 1 saturated carbocycles. The summed E-state index contributed by atoms with van der Waals surface area (Å²) in [7, 11) is 1.00. The first-order valence-corrected chi connectivity index (χ1v) is 11.7. The van der Waals surface area contributed by atoms with E-state index in [1.165, 1.54) is 38.2 Å². The fraction of sp³-hybridized carbons (Fsp3) is 0.480. The highest BCUT2D eigenvalue weighted by molar-refractivity contribution is 6.31. The van der Waals surface area contributed by atoms with Crippen molar-refractivity contribution in [1.82, 2.24) is 4.90 Å². The van der Waals surface area contributed by atoms with Crippen LogP contribution in [0.1, 0.15) is 38.5 Å². The summed E-state index contributed by atoms with van der Waals surface area (Å²) in [6.07, 6.45) is 11.9. The van der Waals surface area contributed by atoms with Gasteiger partial charge in [0.05, 0.1) is 6.17 Å². The molecule has 0 bridgehead atoms. The zero-order valence-corrected chi connectivity index (χ0v) is 20.9. The van der Waals surface area contributed by atoms with Crippen molar-refractivity contribution >= 4 is 35.7 Å². The summed E-state index contributed by atoms with van der Waals surface area (Å²) in [5.41, 5.74) is 12.3. The Labute approximate surface area is 207 Å². The van der Waals surface area contributed by atoms with Gasteiger partial charge in [0.15, 0.2) is 0 Å². The van der Waals surface area contributed by atoms with Gasteiger partial charge in [0, 0.05) is 41.9 Å². The van der Waals surface area contributed by atoms with Crippen LogP contribution in [-0.2, 0) is 4.79 Å². The van der Waals surface area contributed by atoms with Crippen molar-refractivity contribution in [1.29, 1.82) is 0 Å². The van der Waals surface area contributed by atoms with Crippen LogP contribution in [0.3, 0.4) is 0 Å². The smallest absolute Gasteiger partial charge is 0.106 e. The van der Waals surface area contributed by atoms with Crippen LogP contribution in [0.5, 0.6) is 0 Å². The lowest BCUT2D eigenvalue weighted by molar-refractivity contribution is -0.0979. The van der Waals surface area contributed by atoms with Crippen LogP contribution in [-0.4, -0.2) is 43.2 Å². The Morgan fingerprint density at radius 2 is 1.88 bits per heavy atom. The number of carbonyl (C=O) groups is 1. The van der Waals surface area contributed by atoms with E-state index in [9.17, 15) is 4.39 Å². The van der Waals surface area contributed by atoms with Crippen LogP contribution >= 0.6 is 23.2 Å². The molecule has 33 heavy (non-hydrogen) atoms. The number of likely N-dealkylation sites (tertiary alicyclic amines) is 1. The number of nitrogens with zero attached hydrogens (tertiary/aromatic N) is 1. The van der Waals surface area contributed by atoms with Gasteiger partial charge in [-0.05, 0) is 55.5 Å². The lowest BCUT2D eigenvalue weighted by atomic mass is 9.89. The fourth-order valence-electron chi connectivity index (χ4n) is 3.97. The molecule has 5 nitrogen and oxygen atoms in total. The molecule has 5 N–H and O–H groups in total. The van der Waals surface area contributed by atoms with Crippen LogP contribution in [0, 0.1) is 11.8 Å². The number of benzene rings is 1. The van der Waals surface area contributed by atoms with Crippen molar-refractivity contribution in [3.8, 4) is 0 Å². The van der Waals surface area contributed by atoms with Gasteiger partial charge in [0.1, 0.15) is 12.6 Å². The maximum atomic E-state index is 14.2. The second-order valence-electron chi connectivity index (χ2n) is 7.80. The van der Waals surface area contributed by atoms with E-state index in [-0.39, 0.29) is 17.9 Å². The molecule has 1 saturated heterocycles. The first-order valence-electron chi connectivity index (χ1n) is 11.0. The van der Waals surface area contributed by atoms with Gasteiger partial charge in [-0.25, -0.2) is 4.39 Å². The number of nitrogens with two attached hydrogens (primary N) is 2. The van der Waals surface area contributed by atoms with Crippen molar-refractivity contribution in [3.63, 3.8) is 0 Å². The van der Waals surface area contributed by atoms with Gasteiger partial charge in [-0.15, -0.1) is 0 Å². The number of aliphatic hydroxyl groups excluding tert-OH is 1. The predicted octanol–water partition coefficient (Wildman–Crippen LogP) is 5.68. The maximum absolute atomic E-state index is 14.2. The lowest BCUT2D eigenvalue weighted by Gasteiger charge is -2.30. The number of anilines is 1. The minimum Gasteiger partial charge on any atom is -0.400 e. The molecule has 2 atom stereocenters. The fourth-order valence-corrected chi connectivity index (χ4v) is 4.24. The van der Waals surface area contributed by atoms with Gasteiger partial charge in [0.2, 0.25) is 0 Å². The SMILES string of the molecule is C=C(Cl)/C=C\C=C(/F)C1CCN(CC2CCCCC2)C1N.C=O.CO.Nc1cccc(Cl)c1. The Kier molecular flexibility index (Phi) is 17.7. The van der Waals surface area contributed by atoms with Gasteiger partial charge in [-0.3, -0.25) is 4.90 Å². The molecule has 0 radical (unpaired) electrons. The largest absolute Gasteiger partial charge is 0.400 e. The molecule has 2 fully saturated rings. The molecule has 2 aliphatic rings. The Bertz CT molecular complexity index is 723. The van der Waals surface area contributed by atoms with Gasteiger partial charge in [-0.1, -0.05) is 61.2 Å². The number of aliphatic hydroxyl groups is 1. The molecular formula is C25H38Cl2FN3O2. The monoisotopic (exact) mass is 501 g/mol. The topological polar surface area (TPSA) is 92.6 Å². The Morgan fingerprint density at radius 1 is 1.24 bits per heavy atom. The molecule has 0 aromatic heterocycles. The highest BCUT2D eigenvalue weighted by Gasteiger charge is 2.35. The second kappa shape index (κ2) is 18.7. The van der Waals surface area contributed by atoms with E-state index in [4.69, 9.17) is 44.6 Å². The highest BCUT2D eigenvalue weighted by atomic mass is 35.5. The number of hydrogen-bond acceptors (Lipinski definition) is 5. The summed E-state index contributed by atoms with van der Waals surface area (Å²) in [4.78, 5) is 10.3. The van der Waals surface area contributed by atoms with Crippen LogP contribution in [0.15, 0.2) is 59.9 Å². The molecule has 8 heteroatoms. The van der Waals surface area contributed by atoms with Crippen LogP contribution in [0.25, 0.3) is 0 Å². The van der Waals surface area contributed by atoms with E-state index in [0.717, 1.165) is 32.5 Å². The molecule has 1 aliphatic carbocycles. The third-order valence-electron chi connectivity index (χ3n) is 5.51. The average Bonchev–Trinajstić information content (AvgIpc) is 3.17. The molecule has 2 unspecified atom stereocenters. The standard InChI is InChI=1S/C17H26ClFN2.C6H6ClN.CH4O.CH2O/c1-13(18)6-5-9-16(19)15-10-11-21(17(15)20)12-14-7-3-2-4-8-14;7-5-2-1-3-6(8)4-5;2*1-2/h5-6,9,14-15,17H,1-4,7-8,10-12,20H2;1-4H,8H2;2H,1H3;1H2/b6-5-,16-9-;;;. The number of nitrogen functional groups attached to an aromatic ring is 1. The average molecular weight is 503 g/mol. The first kappa shape index (κ1) is 31.3. The van der Waals surface area contributed by atoms with Gasteiger partial charge >= 0.3 is 0 Å². The molecule has 0 spiro atoms. The van der Waals surface area contributed by atoms with E-state index in [0.29, 0.717) is 15.7 Å². The van der Waals surface area contributed by atoms with Gasteiger partial charge in [0.25, 0.3) is 0 Å². The zero-order chi connectivity index (χ0) is 25.2. The molecule has 1 aliphatic heterocycles. The van der Waals surface area contributed by atoms with Crippen molar-refractivity contribution in [3.05, 3.63) is 65.0 Å². The highest BCUT2D eigenvalue weighted by Crippen LogP contribution is 2.32. The maximum Gasteiger partial charge on any atom is 0.106 e. The Morgan fingerprint density at radius 3 is 2.39 bits per heavy atom. The summed E-state index contributed by atoms with van der Waals surface area (Å²) in [5.74, 6) is 0.403. The summed E-state index contributed by atoms with van der Waals surface area (Å²) < 4.78 is 14.2. The second-order valence-corrected chi connectivity index (χ2v) is 8.72. The number of hydrogen-bond donors (Lipinski definition) is 3. The summed E-state index contributed by atoms with van der Waals surface area (Å²) in [6, 6.07) is 7.11. The van der Waals surface area contributed by atoms with Gasteiger partial charge in [-0.2, -0.15) is 0 Å². The molecule has 3 rings (SSSR count). The molecule has 1 aromatic carbocycles. The van der Waals surface area contributed by atoms with E-state index in [1.807, 2.05) is 12.9 Å². The van der Waals surface area contributed by atoms with E-state index >= 15 is 0 Å². The van der Waals surface area contributed by atoms with E-state index < -0.39 is 0 Å². The summed E-state index contributed by atoms with van der Waals surface area (Å²) in [6.45, 7) is 7.46. The third kappa shape index (κ3) is 12.9. The Balaban J connectivity index is 0.000000710. The zero-order valence-electron chi connectivity index (χ0n) is 19.4. The van der Waals surface area contributed by atoms with Crippen LogP contribution in [0.4, 0.5) is 10.1 Å². The predicted molar refractivity (Wildman–Crippen MR) is 139 cm³/mol. The van der Waals surface area contributed by atoms with E-state index in [2.05, 4.69) is 11.5 Å². The number of allylic oxidation sites excluding steroid dienone is 4. The minimum absolute atomic E-state index is 0.150. The number of carbonyl (C=O) groups excluding carboxylic acids is 1. The minimum atomic E-state index is -0.198. The van der Waals surface area contributed by atoms with Gasteiger partial charge < -0.3 is 21.4 Å². The quantitative estimate of drug-likeness (QED) is 0.356. The van der Waals surface area contributed by atoms with Crippen LogP contribution < -0.4 is 11.5 Å². The number of rotatable bonds is 5. The van der Waals surface area contributed by atoms with Crippen LogP contribution in [0.2, 0.25) is 5.02 Å².